The fraction of sp³-hybridized carbons (Fsp3) is 0.333. The molecular formula is C27H29N5O3. The smallest absolute Gasteiger partial charge is 0.276 e. The second kappa shape index (κ2) is 10.1. The maximum Gasteiger partial charge on any atom is 0.276 e. The summed E-state index contributed by atoms with van der Waals surface area (Å²) < 4.78 is 6.24. The molecule has 1 atom stereocenters. The average Bonchev–Trinajstić information content (AvgIpc) is 3.22. The number of anilines is 2. The van der Waals surface area contributed by atoms with Gasteiger partial charge in [0, 0.05) is 31.4 Å². The lowest BCUT2D eigenvalue weighted by atomic mass is 10.1. The van der Waals surface area contributed by atoms with Gasteiger partial charge in [0.25, 0.3) is 5.91 Å². The van der Waals surface area contributed by atoms with Crippen LogP contribution in [0.15, 0.2) is 60.8 Å². The number of para-hydroxylation sites is 1. The highest BCUT2D eigenvalue weighted by Gasteiger charge is 2.27. The van der Waals surface area contributed by atoms with Crippen LogP contribution in [0, 0.1) is 0 Å². The highest BCUT2D eigenvalue weighted by atomic mass is 16.5. The Morgan fingerprint density at radius 1 is 1.00 bits per heavy atom. The van der Waals surface area contributed by atoms with Gasteiger partial charge in [0.05, 0.1) is 0 Å². The number of amides is 2. The Hall–Kier alpha value is -3.94. The van der Waals surface area contributed by atoms with Crippen LogP contribution in [0.25, 0.3) is 0 Å². The third-order valence-corrected chi connectivity index (χ3v) is 6.48. The Morgan fingerprint density at radius 3 is 2.66 bits per heavy atom. The van der Waals surface area contributed by atoms with E-state index >= 15 is 0 Å². The van der Waals surface area contributed by atoms with Crippen LogP contribution in [0.2, 0.25) is 0 Å². The third-order valence-electron chi connectivity index (χ3n) is 6.48. The number of aromatic nitrogens is 2. The summed E-state index contributed by atoms with van der Waals surface area (Å²) in [4.78, 5) is 36.9. The SMILES string of the molecule is CC(Oc1nc(N2CCc3ccccc32)ncc1C(=O)NN1CCCCCC1=O)c1ccccc1. The molecule has 180 valence electrons. The lowest BCUT2D eigenvalue weighted by molar-refractivity contribution is -0.133. The molecule has 2 aliphatic rings. The van der Waals surface area contributed by atoms with Crippen LogP contribution in [0.4, 0.5) is 11.6 Å². The first kappa shape index (κ1) is 22.8. The fourth-order valence-corrected chi connectivity index (χ4v) is 4.52. The van der Waals surface area contributed by atoms with Gasteiger partial charge in [0.1, 0.15) is 11.7 Å². The van der Waals surface area contributed by atoms with Gasteiger partial charge in [-0.25, -0.2) is 4.98 Å². The summed E-state index contributed by atoms with van der Waals surface area (Å²) in [5.41, 5.74) is 6.21. The van der Waals surface area contributed by atoms with Gasteiger partial charge in [-0.1, -0.05) is 55.0 Å². The van der Waals surface area contributed by atoms with E-state index < -0.39 is 5.91 Å². The van der Waals surface area contributed by atoms with Crippen LogP contribution < -0.4 is 15.1 Å². The standard InChI is InChI=1S/C27H29N5O3/c1-19(20-10-4-2-5-11-20)35-26-22(25(34)30-32-16-9-3-6-14-24(32)33)18-28-27(29-26)31-17-15-21-12-7-8-13-23(21)31/h2,4-5,7-8,10-13,18-19H,3,6,9,14-17H2,1H3,(H,30,34). The van der Waals surface area contributed by atoms with Crippen molar-refractivity contribution >= 4 is 23.5 Å². The second-order valence-electron chi connectivity index (χ2n) is 8.89. The summed E-state index contributed by atoms with van der Waals surface area (Å²) in [5.74, 6) is 0.134. The zero-order valence-corrected chi connectivity index (χ0v) is 19.8. The molecule has 3 aromatic rings. The molecule has 3 heterocycles. The van der Waals surface area contributed by atoms with Crippen molar-refractivity contribution in [2.24, 2.45) is 0 Å². The molecule has 1 saturated heterocycles. The number of carbonyl (C=O) groups excluding carboxylic acids is 2. The van der Waals surface area contributed by atoms with Crippen molar-refractivity contribution in [3.63, 3.8) is 0 Å². The van der Waals surface area contributed by atoms with Crippen molar-refractivity contribution in [3.8, 4) is 5.88 Å². The van der Waals surface area contributed by atoms with Crippen molar-refractivity contribution in [1.82, 2.24) is 20.4 Å². The van der Waals surface area contributed by atoms with Crippen molar-refractivity contribution in [2.75, 3.05) is 18.0 Å². The van der Waals surface area contributed by atoms with Gasteiger partial charge in [-0.15, -0.1) is 0 Å². The summed E-state index contributed by atoms with van der Waals surface area (Å²) in [6, 6.07) is 17.9. The van der Waals surface area contributed by atoms with Crippen LogP contribution >= 0.6 is 0 Å². The minimum Gasteiger partial charge on any atom is -0.469 e. The number of rotatable bonds is 6. The fourth-order valence-electron chi connectivity index (χ4n) is 4.52. The minimum absolute atomic E-state index is 0.0813. The Morgan fingerprint density at radius 2 is 1.80 bits per heavy atom. The highest BCUT2D eigenvalue weighted by Crippen LogP contribution is 2.34. The molecule has 2 aliphatic heterocycles. The highest BCUT2D eigenvalue weighted by molar-refractivity contribution is 5.97. The first-order valence-electron chi connectivity index (χ1n) is 12.2. The first-order chi connectivity index (χ1) is 17.1. The quantitative estimate of drug-likeness (QED) is 0.575. The Balaban J connectivity index is 1.46. The number of hydrogen-bond acceptors (Lipinski definition) is 6. The van der Waals surface area contributed by atoms with E-state index in [4.69, 9.17) is 9.72 Å². The summed E-state index contributed by atoms with van der Waals surface area (Å²) in [7, 11) is 0. The molecule has 5 rings (SSSR count). The van der Waals surface area contributed by atoms with Crippen molar-refractivity contribution in [2.45, 2.75) is 45.1 Å². The summed E-state index contributed by atoms with van der Waals surface area (Å²) >= 11 is 0. The van der Waals surface area contributed by atoms with Gasteiger partial charge in [0.15, 0.2) is 0 Å². The first-order valence-corrected chi connectivity index (χ1v) is 12.2. The van der Waals surface area contributed by atoms with Gasteiger partial charge < -0.3 is 9.64 Å². The van der Waals surface area contributed by atoms with Gasteiger partial charge in [0.2, 0.25) is 17.7 Å². The topological polar surface area (TPSA) is 87.7 Å². The van der Waals surface area contributed by atoms with Crippen molar-refractivity contribution < 1.29 is 14.3 Å². The lowest BCUT2D eigenvalue weighted by Crippen LogP contribution is -2.46. The van der Waals surface area contributed by atoms with E-state index in [1.165, 1.54) is 16.8 Å². The van der Waals surface area contributed by atoms with Crippen LogP contribution in [-0.4, -0.2) is 39.9 Å². The van der Waals surface area contributed by atoms with Gasteiger partial charge >= 0.3 is 0 Å². The normalized spacial score (nSPS) is 16.4. The molecule has 1 unspecified atom stereocenters. The summed E-state index contributed by atoms with van der Waals surface area (Å²) in [6.07, 6.45) is 5.14. The molecule has 0 spiro atoms. The van der Waals surface area contributed by atoms with E-state index in [0.29, 0.717) is 18.9 Å². The Kier molecular flexibility index (Phi) is 6.61. The number of carbonyl (C=O) groups is 2. The van der Waals surface area contributed by atoms with Crippen LogP contribution in [0.5, 0.6) is 5.88 Å². The van der Waals surface area contributed by atoms with Crippen molar-refractivity contribution in [1.29, 1.82) is 0 Å². The van der Waals surface area contributed by atoms with Gasteiger partial charge in [-0.3, -0.25) is 20.0 Å². The van der Waals surface area contributed by atoms with E-state index in [-0.39, 0.29) is 23.5 Å². The summed E-state index contributed by atoms with van der Waals surface area (Å²) in [6.45, 7) is 3.16. The van der Waals surface area contributed by atoms with E-state index in [2.05, 4.69) is 16.5 Å². The maximum atomic E-state index is 13.3. The lowest BCUT2D eigenvalue weighted by Gasteiger charge is -2.23. The molecular weight excluding hydrogens is 442 g/mol. The largest absolute Gasteiger partial charge is 0.469 e. The Labute approximate surface area is 204 Å². The number of hydrazine groups is 1. The van der Waals surface area contributed by atoms with Gasteiger partial charge in [-0.05, 0) is 43.4 Å². The van der Waals surface area contributed by atoms with Crippen molar-refractivity contribution in [3.05, 3.63) is 77.5 Å². The average molecular weight is 472 g/mol. The Bertz CT molecular complexity index is 1220. The molecule has 1 N–H and O–H groups in total. The maximum absolute atomic E-state index is 13.3. The third kappa shape index (κ3) is 4.96. The van der Waals surface area contributed by atoms with Gasteiger partial charge in [-0.2, -0.15) is 4.98 Å². The monoisotopic (exact) mass is 471 g/mol. The molecule has 0 radical (unpaired) electrons. The molecule has 35 heavy (non-hydrogen) atoms. The van der Waals surface area contributed by atoms with E-state index in [9.17, 15) is 9.59 Å². The van der Waals surface area contributed by atoms with E-state index in [1.807, 2.05) is 60.4 Å². The van der Waals surface area contributed by atoms with Crippen LogP contribution in [0.3, 0.4) is 0 Å². The van der Waals surface area contributed by atoms with E-state index in [0.717, 1.165) is 43.5 Å². The minimum atomic E-state index is -0.455. The molecule has 0 saturated carbocycles. The number of ether oxygens (including phenoxy) is 1. The molecule has 1 aromatic heterocycles. The molecule has 0 bridgehead atoms. The summed E-state index contributed by atoms with van der Waals surface area (Å²) in [5, 5.41) is 1.41. The zero-order valence-electron chi connectivity index (χ0n) is 19.8. The number of nitrogens with one attached hydrogen (secondary N) is 1. The van der Waals surface area contributed by atoms with Crippen LogP contribution in [-0.2, 0) is 11.2 Å². The molecule has 1 fully saturated rings. The molecule has 8 nitrogen and oxygen atoms in total. The predicted molar refractivity (Wildman–Crippen MR) is 132 cm³/mol. The molecule has 2 amide bonds. The number of hydrogen-bond donors (Lipinski definition) is 1. The number of benzene rings is 2. The zero-order chi connectivity index (χ0) is 24.2. The second-order valence-corrected chi connectivity index (χ2v) is 8.89. The molecule has 0 aliphatic carbocycles. The molecule has 8 heteroatoms. The molecule has 2 aromatic carbocycles. The van der Waals surface area contributed by atoms with Crippen LogP contribution in [0.1, 0.15) is 60.2 Å². The number of fused-ring (bicyclic) bond motifs is 1. The predicted octanol–water partition coefficient (Wildman–Crippen LogP) is 4.36. The number of nitrogens with zero attached hydrogens (tertiary/aromatic N) is 4. The van der Waals surface area contributed by atoms with E-state index in [1.54, 1.807) is 0 Å².